The largest absolute Gasteiger partial charge is 0.279 e. The van der Waals surface area contributed by atoms with Crippen LogP contribution in [0.15, 0.2) is 47.4 Å². The van der Waals surface area contributed by atoms with Gasteiger partial charge in [0.2, 0.25) is 0 Å². The van der Waals surface area contributed by atoms with Crippen molar-refractivity contribution in [2.45, 2.75) is 18.7 Å². The van der Waals surface area contributed by atoms with E-state index in [9.17, 15) is 18.5 Å². The van der Waals surface area contributed by atoms with Gasteiger partial charge in [-0.25, -0.2) is 8.42 Å². The first kappa shape index (κ1) is 15.0. The van der Waals surface area contributed by atoms with E-state index in [0.29, 0.717) is 5.56 Å². The van der Waals surface area contributed by atoms with Crippen molar-refractivity contribution in [3.05, 3.63) is 63.7 Å². The number of hydrogen-bond donors (Lipinski definition) is 1. The normalized spacial score (nSPS) is 11.1. The fourth-order valence-electron chi connectivity index (χ4n) is 1.99. The maximum Gasteiger partial charge on any atom is 0.271 e. The molecule has 0 unspecified atom stereocenters. The zero-order valence-electron chi connectivity index (χ0n) is 11.5. The Bertz CT molecular complexity index is 800. The monoisotopic (exact) mass is 306 g/mol. The molecule has 0 saturated carbocycles. The summed E-state index contributed by atoms with van der Waals surface area (Å²) < 4.78 is 27.0. The predicted octanol–water partition coefficient (Wildman–Crippen LogP) is 3.01. The van der Waals surface area contributed by atoms with Crippen LogP contribution >= 0.6 is 0 Å². The zero-order valence-corrected chi connectivity index (χ0v) is 12.3. The molecular weight excluding hydrogens is 292 g/mol. The van der Waals surface area contributed by atoms with Crippen LogP contribution < -0.4 is 4.72 Å². The predicted molar refractivity (Wildman–Crippen MR) is 79.8 cm³/mol. The van der Waals surface area contributed by atoms with Crippen LogP contribution in [0.4, 0.5) is 11.4 Å². The summed E-state index contributed by atoms with van der Waals surface area (Å²) in [7, 11) is -3.78. The third-order valence-electron chi connectivity index (χ3n) is 2.93. The number of nitrogens with zero attached hydrogens (tertiary/aromatic N) is 1. The summed E-state index contributed by atoms with van der Waals surface area (Å²) in [4.78, 5) is 10.3. The van der Waals surface area contributed by atoms with E-state index in [1.165, 1.54) is 30.3 Å². The van der Waals surface area contributed by atoms with Crippen LogP contribution in [0.3, 0.4) is 0 Å². The minimum Gasteiger partial charge on any atom is -0.279 e. The van der Waals surface area contributed by atoms with Crippen LogP contribution in [0.1, 0.15) is 11.1 Å². The minimum absolute atomic E-state index is 0.152. The lowest BCUT2D eigenvalue weighted by Crippen LogP contribution is -2.14. The first-order valence-electron chi connectivity index (χ1n) is 6.14. The molecule has 6 nitrogen and oxygen atoms in total. The van der Waals surface area contributed by atoms with E-state index in [1.807, 2.05) is 6.92 Å². The highest BCUT2D eigenvalue weighted by atomic mass is 32.2. The van der Waals surface area contributed by atoms with Gasteiger partial charge in [0.05, 0.1) is 15.5 Å². The van der Waals surface area contributed by atoms with Gasteiger partial charge < -0.3 is 0 Å². The van der Waals surface area contributed by atoms with Crippen molar-refractivity contribution in [3.8, 4) is 0 Å². The summed E-state index contributed by atoms with van der Waals surface area (Å²) in [6.07, 6.45) is 0. The average molecular weight is 306 g/mol. The molecular formula is C14H14N2O4S. The average Bonchev–Trinajstić information content (AvgIpc) is 2.37. The van der Waals surface area contributed by atoms with Crippen LogP contribution in [0.5, 0.6) is 0 Å². The Kier molecular flexibility index (Phi) is 3.95. The molecule has 0 aromatic heterocycles. The number of non-ortho nitro benzene ring substituents is 1. The number of aryl methyl sites for hydroxylation is 2. The highest BCUT2D eigenvalue weighted by Crippen LogP contribution is 2.22. The van der Waals surface area contributed by atoms with Gasteiger partial charge in [0.25, 0.3) is 15.7 Å². The molecule has 0 saturated heterocycles. The molecule has 0 radical (unpaired) electrons. The second-order valence-corrected chi connectivity index (χ2v) is 6.33. The Labute approximate surface area is 122 Å². The quantitative estimate of drug-likeness (QED) is 0.694. The Hall–Kier alpha value is -2.41. The second kappa shape index (κ2) is 5.53. The highest BCUT2D eigenvalue weighted by molar-refractivity contribution is 7.92. The fraction of sp³-hybridized carbons (Fsp3) is 0.143. The van der Waals surface area contributed by atoms with Gasteiger partial charge in [-0.05, 0) is 31.5 Å². The second-order valence-electron chi connectivity index (χ2n) is 4.68. The molecule has 0 spiro atoms. The van der Waals surface area contributed by atoms with Crippen LogP contribution in [-0.4, -0.2) is 13.3 Å². The Morgan fingerprint density at radius 2 is 1.81 bits per heavy atom. The summed E-state index contributed by atoms with van der Waals surface area (Å²) in [5, 5.41) is 10.7. The number of nitro benzene ring substituents is 1. The molecule has 0 heterocycles. The van der Waals surface area contributed by atoms with E-state index in [-0.39, 0.29) is 16.3 Å². The summed E-state index contributed by atoms with van der Waals surface area (Å²) >= 11 is 0. The lowest BCUT2D eigenvalue weighted by molar-refractivity contribution is -0.384. The number of nitro groups is 1. The summed E-state index contributed by atoms with van der Waals surface area (Å²) in [5.74, 6) is 0. The lowest BCUT2D eigenvalue weighted by Gasteiger charge is -2.10. The van der Waals surface area contributed by atoms with Crippen molar-refractivity contribution in [2.75, 3.05) is 4.72 Å². The maximum absolute atomic E-state index is 12.3. The molecule has 110 valence electrons. The van der Waals surface area contributed by atoms with Crippen molar-refractivity contribution in [2.24, 2.45) is 0 Å². The van der Waals surface area contributed by atoms with Crippen molar-refractivity contribution in [3.63, 3.8) is 0 Å². The number of rotatable bonds is 4. The topological polar surface area (TPSA) is 89.3 Å². The van der Waals surface area contributed by atoms with Crippen molar-refractivity contribution < 1.29 is 13.3 Å². The van der Waals surface area contributed by atoms with Crippen molar-refractivity contribution >= 4 is 21.4 Å². The first-order valence-corrected chi connectivity index (χ1v) is 7.62. The van der Waals surface area contributed by atoms with Gasteiger partial charge in [0.15, 0.2) is 0 Å². The molecule has 2 rings (SSSR count). The summed E-state index contributed by atoms with van der Waals surface area (Å²) in [6.45, 7) is 3.58. The van der Waals surface area contributed by atoms with Crippen LogP contribution in [0, 0.1) is 24.0 Å². The van der Waals surface area contributed by atoms with Gasteiger partial charge in [-0.15, -0.1) is 0 Å². The van der Waals surface area contributed by atoms with E-state index in [2.05, 4.69) is 4.72 Å². The van der Waals surface area contributed by atoms with E-state index in [0.717, 1.165) is 5.56 Å². The smallest absolute Gasteiger partial charge is 0.271 e. The molecule has 21 heavy (non-hydrogen) atoms. The third-order valence-corrected chi connectivity index (χ3v) is 4.47. The molecule has 0 fully saturated rings. The fourth-order valence-corrected chi connectivity index (χ4v) is 3.27. The number of benzene rings is 2. The molecule has 0 atom stereocenters. The van der Waals surface area contributed by atoms with Crippen LogP contribution in [0.25, 0.3) is 0 Å². The van der Waals surface area contributed by atoms with Crippen molar-refractivity contribution in [1.82, 2.24) is 0 Å². The Balaban J connectivity index is 2.37. The minimum atomic E-state index is -3.78. The number of hydrogen-bond acceptors (Lipinski definition) is 4. The molecule has 0 aliphatic rings. The van der Waals surface area contributed by atoms with Crippen LogP contribution in [0.2, 0.25) is 0 Å². The third kappa shape index (κ3) is 3.38. The Morgan fingerprint density at radius 3 is 2.43 bits per heavy atom. The van der Waals surface area contributed by atoms with Gasteiger partial charge >= 0.3 is 0 Å². The molecule has 2 aromatic rings. The standard InChI is InChI=1S/C14H14N2O4S/c1-10-6-7-14(11(2)8-10)21(19,20)15-12-4-3-5-13(9-12)16(17)18/h3-9,15H,1-2H3. The Morgan fingerprint density at radius 1 is 1.10 bits per heavy atom. The van der Waals surface area contributed by atoms with Gasteiger partial charge in [0.1, 0.15) is 0 Å². The first-order chi connectivity index (χ1) is 9.79. The van der Waals surface area contributed by atoms with E-state index >= 15 is 0 Å². The number of anilines is 1. The number of nitrogens with one attached hydrogen (secondary N) is 1. The maximum atomic E-state index is 12.3. The summed E-state index contributed by atoms with van der Waals surface area (Å²) in [5.41, 5.74) is 1.56. The van der Waals surface area contributed by atoms with Gasteiger partial charge in [-0.3, -0.25) is 14.8 Å². The van der Waals surface area contributed by atoms with Gasteiger partial charge in [-0.2, -0.15) is 0 Å². The molecule has 0 bridgehead atoms. The molecule has 1 N–H and O–H groups in total. The zero-order chi connectivity index (χ0) is 15.6. The molecule has 0 amide bonds. The lowest BCUT2D eigenvalue weighted by atomic mass is 10.2. The van der Waals surface area contributed by atoms with Gasteiger partial charge in [-0.1, -0.05) is 23.8 Å². The highest BCUT2D eigenvalue weighted by Gasteiger charge is 2.18. The molecule has 2 aromatic carbocycles. The van der Waals surface area contributed by atoms with E-state index in [4.69, 9.17) is 0 Å². The molecule has 0 aliphatic carbocycles. The SMILES string of the molecule is Cc1ccc(S(=O)(=O)Nc2cccc([N+](=O)[O-])c2)c(C)c1. The van der Waals surface area contributed by atoms with Gasteiger partial charge in [0, 0.05) is 12.1 Å². The van der Waals surface area contributed by atoms with Crippen molar-refractivity contribution in [1.29, 1.82) is 0 Å². The van der Waals surface area contributed by atoms with E-state index < -0.39 is 14.9 Å². The number of sulfonamides is 1. The summed E-state index contributed by atoms with van der Waals surface area (Å²) in [6, 6.07) is 10.4. The molecule has 0 aliphatic heterocycles. The van der Waals surface area contributed by atoms with E-state index in [1.54, 1.807) is 19.1 Å². The van der Waals surface area contributed by atoms with Crippen LogP contribution in [-0.2, 0) is 10.0 Å². The molecule has 7 heteroatoms.